The van der Waals surface area contributed by atoms with E-state index in [9.17, 15) is 0 Å². The third-order valence-corrected chi connectivity index (χ3v) is 1.86. The molecule has 1 aliphatic heterocycles. The van der Waals surface area contributed by atoms with Gasteiger partial charge in [-0.05, 0) is 7.05 Å². The first kappa shape index (κ1) is 7.98. The van der Waals surface area contributed by atoms with Crippen LogP contribution >= 0.6 is 0 Å². The van der Waals surface area contributed by atoms with Gasteiger partial charge in [-0.3, -0.25) is 4.90 Å². The molecule has 0 unspecified atom stereocenters. The van der Waals surface area contributed by atoms with Crippen molar-refractivity contribution in [3.8, 4) is 0 Å². The minimum atomic E-state index is 0.369. The van der Waals surface area contributed by atoms with Crippen LogP contribution in [-0.2, 0) is 4.74 Å². The van der Waals surface area contributed by atoms with Crippen LogP contribution in [-0.4, -0.2) is 38.4 Å². The molecule has 0 amide bonds. The summed E-state index contributed by atoms with van der Waals surface area (Å²) in [6.07, 6.45) is 0. The molecule has 0 aliphatic carbocycles. The van der Waals surface area contributed by atoms with E-state index in [0.29, 0.717) is 12.1 Å². The molecule has 1 heterocycles. The van der Waals surface area contributed by atoms with E-state index in [1.807, 2.05) is 7.05 Å². The maximum absolute atomic E-state index is 5.44. The highest BCUT2D eigenvalue weighted by Crippen LogP contribution is 2.26. The molecular weight excluding hydrogens is 128 g/mol. The van der Waals surface area contributed by atoms with Gasteiger partial charge in [0.2, 0.25) is 0 Å². The molecule has 0 atom stereocenters. The van der Waals surface area contributed by atoms with Crippen LogP contribution in [0.4, 0.5) is 0 Å². The zero-order valence-electron chi connectivity index (χ0n) is 6.76. The minimum Gasteiger partial charge on any atom is -0.380 e. The topological polar surface area (TPSA) is 38.5 Å². The average molecular weight is 144 g/mol. The molecule has 0 saturated carbocycles. The lowest BCUT2D eigenvalue weighted by Crippen LogP contribution is -2.48. The Kier molecular flexibility index (Phi) is 2.28. The van der Waals surface area contributed by atoms with Gasteiger partial charge in [-0.2, -0.15) is 0 Å². The second-order valence-electron chi connectivity index (χ2n) is 3.50. The Labute approximate surface area is 62.1 Å². The maximum atomic E-state index is 5.44. The van der Waals surface area contributed by atoms with E-state index in [1.165, 1.54) is 0 Å². The lowest BCUT2D eigenvalue weighted by Gasteiger charge is -2.40. The largest absolute Gasteiger partial charge is 0.380 e. The molecule has 10 heavy (non-hydrogen) atoms. The fourth-order valence-corrected chi connectivity index (χ4v) is 1.26. The fourth-order valence-electron chi connectivity index (χ4n) is 1.26. The predicted octanol–water partition coefficient (Wildman–Crippen LogP) is -0.129. The van der Waals surface area contributed by atoms with E-state index < -0.39 is 0 Å². The summed E-state index contributed by atoms with van der Waals surface area (Å²) in [5, 5.41) is 0. The van der Waals surface area contributed by atoms with Gasteiger partial charge in [-0.15, -0.1) is 0 Å². The summed E-state index contributed by atoms with van der Waals surface area (Å²) >= 11 is 0. The molecule has 0 aromatic carbocycles. The highest BCUT2D eigenvalue weighted by molar-refractivity contribution is 4.82. The minimum absolute atomic E-state index is 0.369. The van der Waals surface area contributed by atoms with Gasteiger partial charge in [-0.1, -0.05) is 6.92 Å². The quantitative estimate of drug-likeness (QED) is 0.561. The van der Waals surface area contributed by atoms with Crippen molar-refractivity contribution >= 4 is 0 Å². The van der Waals surface area contributed by atoms with Gasteiger partial charge in [-0.25, -0.2) is 0 Å². The number of hydrogen-bond donors (Lipinski definition) is 1. The number of nitrogens with zero attached hydrogens (tertiary/aromatic N) is 1. The van der Waals surface area contributed by atoms with Crippen molar-refractivity contribution in [2.45, 2.75) is 6.92 Å². The standard InChI is InChI=1S/C7H16N2O/c1-7(4-10-5-7)3-9(2)6-8/h3-6,8H2,1-2H3. The number of hydrogen-bond acceptors (Lipinski definition) is 3. The smallest absolute Gasteiger partial charge is 0.0554 e. The van der Waals surface area contributed by atoms with Crippen LogP contribution in [0.5, 0.6) is 0 Å². The average Bonchev–Trinajstić information content (AvgIpc) is 1.84. The molecule has 1 rings (SSSR count). The Bertz CT molecular complexity index is 112. The van der Waals surface area contributed by atoms with Crippen molar-refractivity contribution in [2.75, 3.05) is 33.5 Å². The number of rotatable bonds is 3. The normalized spacial score (nSPS) is 22.8. The van der Waals surface area contributed by atoms with Crippen LogP contribution in [0.25, 0.3) is 0 Å². The van der Waals surface area contributed by atoms with Gasteiger partial charge >= 0.3 is 0 Å². The number of ether oxygens (including phenoxy) is 1. The second kappa shape index (κ2) is 2.86. The SMILES string of the molecule is CN(CN)CC1(C)COC1. The summed E-state index contributed by atoms with van der Waals surface area (Å²) in [7, 11) is 2.03. The Balaban J connectivity index is 2.22. The molecule has 0 bridgehead atoms. The van der Waals surface area contributed by atoms with Crippen molar-refractivity contribution in [1.82, 2.24) is 4.90 Å². The zero-order chi connectivity index (χ0) is 7.61. The van der Waals surface area contributed by atoms with E-state index in [2.05, 4.69) is 11.8 Å². The van der Waals surface area contributed by atoms with Crippen LogP contribution in [0.15, 0.2) is 0 Å². The van der Waals surface area contributed by atoms with Gasteiger partial charge in [0.15, 0.2) is 0 Å². The summed E-state index contributed by atoms with van der Waals surface area (Å²) in [5.41, 5.74) is 5.81. The van der Waals surface area contributed by atoms with E-state index >= 15 is 0 Å². The molecule has 3 nitrogen and oxygen atoms in total. The lowest BCUT2D eigenvalue weighted by atomic mass is 9.88. The van der Waals surface area contributed by atoms with Gasteiger partial charge in [0.05, 0.1) is 13.2 Å². The van der Waals surface area contributed by atoms with Crippen molar-refractivity contribution in [3.63, 3.8) is 0 Å². The molecule has 0 radical (unpaired) electrons. The predicted molar refractivity (Wildman–Crippen MR) is 40.6 cm³/mol. The van der Waals surface area contributed by atoms with Crippen molar-refractivity contribution in [1.29, 1.82) is 0 Å². The molecule has 1 saturated heterocycles. The van der Waals surface area contributed by atoms with E-state index in [4.69, 9.17) is 10.5 Å². The van der Waals surface area contributed by atoms with E-state index in [0.717, 1.165) is 19.8 Å². The van der Waals surface area contributed by atoms with Gasteiger partial charge in [0.1, 0.15) is 0 Å². The summed E-state index contributed by atoms with van der Waals surface area (Å²) in [4.78, 5) is 2.11. The van der Waals surface area contributed by atoms with E-state index in [-0.39, 0.29) is 0 Å². The first-order chi connectivity index (χ1) is 4.66. The molecule has 2 N–H and O–H groups in total. The summed E-state index contributed by atoms with van der Waals surface area (Å²) in [5.74, 6) is 0. The van der Waals surface area contributed by atoms with Gasteiger partial charge in [0, 0.05) is 18.6 Å². The molecule has 3 heteroatoms. The summed E-state index contributed by atoms with van der Waals surface area (Å²) in [6, 6.07) is 0. The summed E-state index contributed by atoms with van der Waals surface area (Å²) < 4.78 is 5.12. The van der Waals surface area contributed by atoms with Gasteiger partial charge < -0.3 is 10.5 Å². The molecular formula is C7H16N2O. The van der Waals surface area contributed by atoms with Crippen molar-refractivity contribution in [3.05, 3.63) is 0 Å². The van der Waals surface area contributed by atoms with Gasteiger partial charge in [0.25, 0.3) is 0 Å². The van der Waals surface area contributed by atoms with Crippen LogP contribution in [0.3, 0.4) is 0 Å². The Morgan fingerprint density at radius 1 is 1.60 bits per heavy atom. The molecule has 0 aromatic rings. The molecule has 1 aliphatic rings. The van der Waals surface area contributed by atoms with E-state index in [1.54, 1.807) is 0 Å². The highest BCUT2D eigenvalue weighted by Gasteiger charge is 2.33. The second-order valence-corrected chi connectivity index (χ2v) is 3.50. The lowest BCUT2D eigenvalue weighted by molar-refractivity contribution is -0.112. The number of nitrogens with two attached hydrogens (primary N) is 1. The first-order valence-corrected chi connectivity index (χ1v) is 3.63. The van der Waals surface area contributed by atoms with Crippen LogP contribution in [0, 0.1) is 5.41 Å². The monoisotopic (exact) mass is 144 g/mol. The maximum Gasteiger partial charge on any atom is 0.0554 e. The van der Waals surface area contributed by atoms with Crippen molar-refractivity contribution < 1.29 is 4.74 Å². The first-order valence-electron chi connectivity index (χ1n) is 3.63. The fraction of sp³-hybridized carbons (Fsp3) is 1.00. The Morgan fingerprint density at radius 3 is 2.50 bits per heavy atom. The molecule has 60 valence electrons. The van der Waals surface area contributed by atoms with Crippen LogP contribution in [0.2, 0.25) is 0 Å². The zero-order valence-corrected chi connectivity index (χ0v) is 6.76. The molecule has 1 fully saturated rings. The van der Waals surface area contributed by atoms with Crippen molar-refractivity contribution in [2.24, 2.45) is 11.1 Å². The third-order valence-electron chi connectivity index (χ3n) is 1.86. The molecule has 0 spiro atoms. The van der Waals surface area contributed by atoms with Crippen LogP contribution < -0.4 is 5.73 Å². The molecule has 0 aromatic heterocycles. The van der Waals surface area contributed by atoms with Crippen LogP contribution in [0.1, 0.15) is 6.92 Å². The summed E-state index contributed by atoms with van der Waals surface area (Å²) in [6.45, 7) is 5.68. The third kappa shape index (κ3) is 1.68. The highest BCUT2D eigenvalue weighted by atomic mass is 16.5. The Morgan fingerprint density at radius 2 is 2.20 bits per heavy atom. The Hall–Kier alpha value is -0.120.